The van der Waals surface area contributed by atoms with Gasteiger partial charge in [0.15, 0.2) is 0 Å². The van der Waals surface area contributed by atoms with Gasteiger partial charge in [-0.15, -0.1) is 0 Å². The first kappa shape index (κ1) is 8.57. The monoisotopic (exact) mass is 161 g/mol. The number of anilines is 1. The number of nitrogens with one attached hydrogen (secondary N) is 2. The summed E-state index contributed by atoms with van der Waals surface area (Å²) in [5.41, 5.74) is 6.92. The molecule has 62 valence electrons. The van der Waals surface area contributed by atoms with Gasteiger partial charge in [0.25, 0.3) is 0 Å². The average Bonchev–Trinajstić information content (AvgIpc) is 2.14. The van der Waals surface area contributed by atoms with E-state index in [1.54, 1.807) is 0 Å². The maximum absolute atomic E-state index is 8.25. The Bertz CT molecular complexity index is 250. The summed E-state index contributed by atoms with van der Waals surface area (Å²) in [4.78, 5) is 0. The van der Waals surface area contributed by atoms with Gasteiger partial charge in [-0.2, -0.15) is 5.26 Å². The van der Waals surface area contributed by atoms with Gasteiger partial charge in [0.1, 0.15) is 0 Å². The van der Waals surface area contributed by atoms with Crippen molar-refractivity contribution in [2.75, 3.05) is 12.0 Å². The fourth-order valence-corrected chi connectivity index (χ4v) is 0.804. The molecule has 12 heavy (non-hydrogen) atoms. The van der Waals surface area contributed by atoms with Crippen molar-refractivity contribution in [2.24, 2.45) is 0 Å². The number of para-hydroxylation sites is 1. The molecule has 0 saturated carbocycles. The van der Waals surface area contributed by atoms with E-state index in [0.717, 1.165) is 5.69 Å². The highest BCUT2D eigenvalue weighted by Crippen LogP contribution is 2.01. The molecule has 0 atom stereocenters. The van der Waals surface area contributed by atoms with Crippen LogP contribution in [0.3, 0.4) is 0 Å². The minimum atomic E-state index is 0.514. The zero-order valence-corrected chi connectivity index (χ0v) is 6.75. The Hall–Kier alpha value is -1.53. The normalized spacial score (nSPS) is 8.92. The molecule has 1 aromatic rings. The van der Waals surface area contributed by atoms with E-state index in [4.69, 9.17) is 5.26 Å². The highest BCUT2D eigenvalue weighted by molar-refractivity contribution is 5.41. The summed E-state index contributed by atoms with van der Waals surface area (Å²) in [6.45, 7) is 0.658. The van der Waals surface area contributed by atoms with E-state index in [0.29, 0.717) is 13.0 Å². The summed E-state index contributed by atoms with van der Waals surface area (Å²) in [5, 5.41) is 8.25. The minimum absolute atomic E-state index is 0.514. The van der Waals surface area contributed by atoms with E-state index >= 15 is 0 Å². The lowest BCUT2D eigenvalue weighted by Gasteiger charge is -2.05. The fourth-order valence-electron chi connectivity index (χ4n) is 0.804. The largest absolute Gasteiger partial charge is 0.321 e. The molecule has 0 fully saturated rings. The van der Waals surface area contributed by atoms with Crippen LogP contribution >= 0.6 is 0 Å². The van der Waals surface area contributed by atoms with E-state index in [-0.39, 0.29) is 0 Å². The number of rotatable bonds is 4. The number of hydrazine groups is 1. The molecule has 3 nitrogen and oxygen atoms in total. The second kappa shape index (κ2) is 5.16. The zero-order valence-electron chi connectivity index (χ0n) is 6.75. The molecule has 0 aromatic heterocycles. The van der Waals surface area contributed by atoms with Gasteiger partial charge in [0, 0.05) is 18.7 Å². The first-order valence-electron chi connectivity index (χ1n) is 3.84. The average molecular weight is 161 g/mol. The highest BCUT2D eigenvalue weighted by atomic mass is 15.3. The van der Waals surface area contributed by atoms with Crippen molar-refractivity contribution in [1.82, 2.24) is 5.43 Å². The van der Waals surface area contributed by atoms with Crippen molar-refractivity contribution >= 4 is 5.69 Å². The van der Waals surface area contributed by atoms with E-state index in [9.17, 15) is 0 Å². The number of nitriles is 1. The molecule has 3 heteroatoms. The molecular formula is C9H11N3. The molecule has 0 saturated heterocycles. The molecule has 0 aliphatic rings. The van der Waals surface area contributed by atoms with Crippen LogP contribution in [0.15, 0.2) is 30.3 Å². The van der Waals surface area contributed by atoms with Crippen molar-refractivity contribution in [3.05, 3.63) is 30.3 Å². The van der Waals surface area contributed by atoms with E-state index < -0.39 is 0 Å². The van der Waals surface area contributed by atoms with E-state index in [1.165, 1.54) is 0 Å². The summed E-state index contributed by atoms with van der Waals surface area (Å²) < 4.78 is 0. The summed E-state index contributed by atoms with van der Waals surface area (Å²) in [5.74, 6) is 0. The standard InChI is InChI=1S/C9H11N3/c10-7-4-8-11-12-9-5-2-1-3-6-9/h1-3,5-6,11-12H,4,8H2. The maximum Gasteiger partial charge on any atom is 0.0635 e. The Morgan fingerprint density at radius 1 is 1.25 bits per heavy atom. The van der Waals surface area contributed by atoms with Crippen molar-refractivity contribution < 1.29 is 0 Å². The SMILES string of the molecule is N#CCCNNc1ccccc1. The predicted octanol–water partition coefficient (Wildman–Crippen LogP) is 1.52. The van der Waals surface area contributed by atoms with Gasteiger partial charge in [0.05, 0.1) is 6.07 Å². The van der Waals surface area contributed by atoms with Crippen LogP contribution in [0.5, 0.6) is 0 Å². The van der Waals surface area contributed by atoms with Crippen LogP contribution in [-0.2, 0) is 0 Å². The van der Waals surface area contributed by atoms with Crippen LogP contribution in [0.4, 0.5) is 5.69 Å². The van der Waals surface area contributed by atoms with Gasteiger partial charge in [-0.3, -0.25) is 0 Å². The first-order valence-corrected chi connectivity index (χ1v) is 3.84. The second-order valence-corrected chi connectivity index (χ2v) is 2.33. The lowest BCUT2D eigenvalue weighted by molar-refractivity contribution is 0.799. The Labute approximate surface area is 72.0 Å². The summed E-state index contributed by atoms with van der Waals surface area (Å²) in [6, 6.07) is 11.8. The molecule has 0 aliphatic heterocycles. The van der Waals surface area contributed by atoms with Crippen molar-refractivity contribution in [2.45, 2.75) is 6.42 Å². The molecule has 0 spiro atoms. The summed E-state index contributed by atoms with van der Waals surface area (Å²) >= 11 is 0. The van der Waals surface area contributed by atoms with Gasteiger partial charge in [-0.25, -0.2) is 5.43 Å². The molecule has 2 N–H and O–H groups in total. The fraction of sp³-hybridized carbons (Fsp3) is 0.222. The molecule has 1 rings (SSSR count). The number of hydrogen-bond donors (Lipinski definition) is 2. The zero-order chi connectivity index (χ0) is 8.65. The topological polar surface area (TPSA) is 47.9 Å². The molecule has 0 heterocycles. The number of hydrogen-bond acceptors (Lipinski definition) is 3. The Morgan fingerprint density at radius 3 is 2.67 bits per heavy atom. The Morgan fingerprint density at radius 2 is 2.00 bits per heavy atom. The second-order valence-electron chi connectivity index (χ2n) is 2.33. The first-order chi connectivity index (χ1) is 5.93. The molecule has 1 aromatic carbocycles. The van der Waals surface area contributed by atoms with Crippen LogP contribution in [0.2, 0.25) is 0 Å². The van der Waals surface area contributed by atoms with Crippen LogP contribution in [0.25, 0.3) is 0 Å². The molecular weight excluding hydrogens is 150 g/mol. The van der Waals surface area contributed by atoms with Crippen LogP contribution in [-0.4, -0.2) is 6.54 Å². The summed E-state index contributed by atoms with van der Waals surface area (Å²) in [6.07, 6.45) is 0.514. The molecule has 0 radical (unpaired) electrons. The third-order valence-electron chi connectivity index (χ3n) is 1.37. The van der Waals surface area contributed by atoms with Gasteiger partial charge in [-0.05, 0) is 12.1 Å². The van der Waals surface area contributed by atoms with Gasteiger partial charge < -0.3 is 5.43 Å². The van der Waals surface area contributed by atoms with Crippen molar-refractivity contribution in [1.29, 1.82) is 5.26 Å². The predicted molar refractivity (Wildman–Crippen MR) is 48.3 cm³/mol. The minimum Gasteiger partial charge on any atom is -0.321 e. The molecule has 0 unspecified atom stereocenters. The van der Waals surface area contributed by atoms with E-state index in [1.807, 2.05) is 30.3 Å². The van der Waals surface area contributed by atoms with Crippen LogP contribution in [0, 0.1) is 11.3 Å². The van der Waals surface area contributed by atoms with Crippen LogP contribution in [0.1, 0.15) is 6.42 Å². The van der Waals surface area contributed by atoms with Gasteiger partial charge in [-0.1, -0.05) is 18.2 Å². The third-order valence-corrected chi connectivity index (χ3v) is 1.37. The number of nitrogens with zero attached hydrogens (tertiary/aromatic N) is 1. The van der Waals surface area contributed by atoms with Crippen molar-refractivity contribution in [3.63, 3.8) is 0 Å². The Kier molecular flexibility index (Phi) is 3.69. The van der Waals surface area contributed by atoms with Crippen LogP contribution < -0.4 is 10.9 Å². The lowest BCUT2D eigenvalue weighted by atomic mass is 10.3. The van der Waals surface area contributed by atoms with Gasteiger partial charge >= 0.3 is 0 Å². The molecule has 0 amide bonds. The molecule has 0 bridgehead atoms. The van der Waals surface area contributed by atoms with Gasteiger partial charge in [0.2, 0.25) is 0 Å². The molecule has 0 aliphatic carbocycles. The summed E-state index contributed by atoms with van der Waals surface area (Å²) in [7, 11) is 0. The third kappa shape index (κ3) is 3.04. The smallest absolute Gasteiger partial charge is 0.0635 e. The lowest BCUT2D eigenvalue weighted by Crippen LogP contribution is -2.22. The Balaban J connectivity index is 2.21. The van der Waals surface area contributed by atoms with E-state index in [2.05, 4.69) is 16.9 Å². The maximum atomic E-state index is 8.25. The number of benzene rings is 1. The quantitative estimate of drug-likeness (QED) is 0.520. The highest BCUT2D eigenvalue weighted by Gasteiger charge is 1.86. The van der Waals surface area contributed by atoms with Crippen molar-refractivity contribution in [3.8, 4) is 6.07 Å².